The molecule has 0 saturated heterocycles. The van der Waals surface area contributed by atoms with Gasteiger partial charge in [0.1, 0.15) is 5.69 Å². The smallest absolute Gasteiger partial charge is 0.416 e. The normalized spacial score (nSPS) is 11.1. The minimum absolute atomic E-state index is 0.0150. The maximum Gasteiger partial charge on any atom is 0.416 e. The number of anilines is 1. The monoisotopic (exact) mass is 449 g/mol. The number of primary amides is 1. The summed E-state index contributed by atoms with van der Waals surface area (Å²) in [5, 5.41) is 12.3. The van der Waals surface area contributed by atoms with Crippen LogP contribution in [-0.2, 0) is 11.0 Å². The highest BCUT2D eigenvalue weighted by atomic mass is 19.4. The van der Waals surface area contributed by atoms with Crippen LogP contribution in [0.2, 0.25) is 0 Å². The van der Waals surface area contributed by atoms with E-state index in [0.717, 1.165) is 12.1 Å². The Kier molecular flexibility index (Phi) is 6.61. The molecule has 0 radical (unpaired) electrons. The van der Waals surface area contributed by atoms with Crippen LogP contribution in [0.15, 0.2) is 42.5 Å². The molecule has 0 aliphatic heterocycles. The third kappa shape index (κ3) is 5.33. The van der Waals surface area contributed by atoms with Crippen molar-refractivity contribution in [2.24, 2.45) is 5.73 Å². The van der Waals surface area contributed by atoms with Crippen molar-refractivity contribution in [1.29, 1.82) is 0 Å². The van der Waals surface area contributed by atoms with Crippen molar-refractivity contribution in [1.82, 2.24) is 15.4 Å². The molecule has 4 N–H and O–H groups in total. The molecule has 0 saturated carbocycles. The number of carbonyl (C=O) groups excluding carboxylic acids is 2. The fourth-order valence-corrected chi connectivity index (χ4v) is 2.76. The second kappa shape index (κ2) is 9.37. The molecule has 168 valence electrons. The number of H-pyrrole nitrogens is 1. The van der Waals surface area contributed by atoms with Gasteiger partial charge in [-0.1, -0.05) is 6.07 Å². The number of nitrogens with one attached hydrogen (secondary N) is 2. The number of hydrogen-bond donors (Lipinski definition) is 3. The van der Waals surface area contributed by atoms with Gasteiger partial charge >= 0.3 is 6.18 Å². The fraction of sp³-hybridized carbons (Fsp3) is 0.200. The Morgan fingerprint density at radius 1 is 1.09 bits per heavy atom. The Bertz CT molecular complexity index is 1130. The van der Waals surface area contributed by atoms with Gasteiger partial charge in [-0.2, -0.15) is 28.6 Å². The van der Waals surface area contributed by atoms with Gasteiger partial charge in [0, 0.05) is 11.3 Å². The van der Waals surface area contributed by atoms with E-state index in [1.165, 1.54) is 24.3 Å². The number of benzene rings is 2. The number of amides is 2. The number of nitrogens with two attached hydrogens (primary N) is 1. The summed E-state index contributed by atoms with van der Waals surface area (Å²) in [6, 6.07) is 8.85. The Labute approximate surface area is 179 Å². The van der Waals surface area contributed by atoms with Crippen molar-refractivity contribution in [3.8, 4) is 22.8 Å². The molecule has 2 aromatic carbocycles. The topological polar surface area (TPSA) is 132 Å². The van der Waals surface area contributed by atoms with Gasteiger partial charge in [-0.25, -0.2) is 0 Å². The number of aromatic nitrogens is 3. The molecule has 0 unspecified atom stereocenters. The van der Waals surface area contributed by atoms with Gasteiger partial charge in [-0.3, -0.25) is 9.59 Å². The highest BCUT2D eigenvalue weighted by Gasteiger charge is 2.30. The van der Waals surface area contributed by atoms with E-state index in [1.54, 1.807) is 13.0 Å². The Hall–Kier alpha value is -4.09. The molecular weight excluding hydrogens is 431 g/mol. The second-order valence-electron chi connectivity index (χ2n) is 6.40. The molecule has 1 aromatic heterocycles. The molecule has 0 atom stereocenters. The van der Waals surface area contributed by atoms with Crippen LogP contribution in [0.3, 0.4) is 0 Å². The van der Waals surface area contributed by atoms with Gasteiger partial charge in [-0.15, -0.1) is 0 Å². The first-order valence-corrected chi connectivity index (χ1v) is 9.26. The number of aromatic amines is 1. The van der Waals surface area contributed by atoms with Crippen LogP contribution >= 0.6 is 0 Å². The molecule has 3 aromatic rings. The molecular formula is C20H18F3N5O4. The van der Waals surface area contributed by atoms with Gasteiger partial charge in [0.05, 0.1) is 12.2 Å². The van der Waals surface area contributed by atoms with Crippen LogP contribution in [0.5, 0.6) is 11.5 Å². The van der Waals surface area contributed by atoms with Crippen LogP contribution in [0.4, 0.5) is 18.9 Å². The van der Waals surface area contributed by atoms with Crippen molar-refractivity contribution < 1.29 is 32.2 Å². The molecule has 1 heterocycles. The van der Waals surface area contributed by atoms with Gasteiger partial charge in [0.25, 0.3) is 11.8 Å². The van der Waals surface area contributed by atoms with Gasteiger partial charge in [-0.05, 0) is 43.3 Å². The maximum atomic E-state index is 12.8. The van der Waals surface area contributed by atoms with Crippen molar-refractivity contribution >= 4 is 17.5 Å². The lowest BCUT2D eigenvalue weighted by Crippen LogP contribution is -2.20. The summed E-state index contributed by atoms with van der Waals surface area (Å²) in [5.74, 6) is -0.962. The summed E-state index contributed by atoms with van der Waals surface area (Å²) in [7, 11) is 0. The minimum atomic E-state index is -4.52. The second-order valence-corrected chi connectivity index (χ2v) is 6.40. The lowest BCUT2D eigenvalue weighted by molar-refractivity contribution is -0.137. The largest absolute Gasteiger partial charge is 0.490 e. The minimum Gasteiger partial charge on any atom is -0.490 e. The molecule has 0 aliphatic carbocycles. The fourth-order valence-electron chi connectivity index (χ4n) is 2.76. The van der Waals surface area contributed by atoms with Gasteiger partial charge in [0.2, 0.25) is 0 Å². The molecule has 12 heteroatoms. The third-order valence-electron chi connectivity index (χ3n) is 4.13. The number of rotatable bonds is 8. The van der Waals surface area contributed by atoms with Crippen LogP contribution in [0, 0.1) is 0 Å². The van der Waals surface area contributed by atoms with E-state index in [4.69, 9.17) is 15.2 Å². The Morgan fingerprint density at radius 2 is 1.88 bits per heavy atom. The van der Waals surface area contributed by atoms with E-state index >= 15 is 0 Å². The highest BCUT2D eigenvalue weighted by molar-refractivity contribution is 5.96. The molecule has 0 bridgehead atoms. The lowest BCUT2D eigenvalue weighted by Gasteiger charge is -2.13. The lowest BCUT2D eigenvalue weighted by atomic mass is 10.1. The SMILES string of the molecule is CCOc1cc(-c2n[nH]nc2C(N)=O)ccc1OCC(=O)Nc1cccc(C(F)(F)F)c1. The number of alkyl halides is 3. The zero-order valence-corrected chi connectivity index (χ0v) is 16.7. The number of halogens is 3. The summed E-state index contributed by atoms with van der Waals surface area (Å²) in [4.78, 5) is 23.6. The molecule has 2 amide bonds. The van der Waals surface area contributed by atoms with E-state index in [0.29, 0.717) is 5.56 Å². The first kappa shape index (κ1) is 22.6. The van der Waals surface area contributed by atoms with Crippen LogP contribution < -0.4 is 20.5 Å². The zero-order chi connectivity index (χ0) is 23.3. The summed E-state index contributed by atoms with van der Waals surface area (Å²) >= 11 is 0. The Balaban J connectivity index is 1.72. The van der Waals surface area contributed by atoms with Crippen molar-refractivity contribution in [2.75, 3.05) is 18.5 Å². The van der Waals surface area contributed by atoms with Gasteiger partial charge in [0.15, 0.2) is 23.8 Å². The van der Waals surface area contributed by atoms with Gasteiger partial charge < -0.3 is 20.5 Å². The number of hydrogen-bond acceptors (Lipinski definition) is 6. The van der Waals surface area contributed by atoms with Crippen molar-refractivity contribution in [2.45, 2.75) is 13.1 Å². The van der Waals surface area contributed by atoms with E-state index < -0.39 is 30.2 Å². The molecule has 32 heavy (non-hydrogen) atoms. The zero-order valence-electron chi connectivity index (χ0n) is 16.7. The summed E-state index contributed by atoms with van der Waals surface area (Å²) in [6.07, 6.45) is -4.52. The first-order chi connectivity index (χ1) is 15.2. The number of ether oxygens (including phenoxy) is 2. The molecule has 0 fully saturated rings. The highest BCUT2D eigenvalue weighted by Crippen LogP contribution is 2.33. The van der Waals surface area contributed by atoms with E-state index in [-0.39, 0.29) is 35.2 Å². The van der Waals surface area contributed by atoms with Crippen molar-refractivity contribution in [3.05, 3.63) is 53.7 Å². The predicted octanol–water partition coefficient (Wildman–Crippen LogP) is 3.01. The number of nitrogens with zero attached hydrogens (tertiary/aromatic N) is 2. The molecule has 0 spiro atoms. The molecule has 9 nitrogen and oxygen atoms in total. The third-order valence-corrected chi connectivity index (χ3v) is 4.13. The van der Waals surface area contributed by atoms with Crippen LogP contribution in [-0.4, -0.2) is 40.4 Å². The van der Waals surface area contributed by atoms with E-state index in [9.17, 15) is 22.8 Å². The maximum absolute atomic E-state index is 12.8. The number of carbonyl (C=O) groups is 2. The summed E-state index contributed by atoms with van der Waals surface area (Å²) < 4.78 is 49.4. The predicted molar refractivity (Wildman–Crippen MR) is 107 cm³/mol. The van der Waals surface area contributed by atoms with Crippen molar-refractivity contribution in [3.63, 3.8) is 0 Å². The van der Waals surface area contributed by atoms with E-state index in [2.05, 4.69) is 20.7 Å². The average molecular weight is 449 g/mol. The average Bonchev–Trinajstić information content (AvgIpc) is 3.23. The van der Waals surface area contributed by atoms with Crippen LogP contribution in [0.25, 0.3) is 11.3 Å². The standard InChI is InChI=1S/C20H18F3N5O4/c1-2-31-15-8-11(17-18(19(24)30)27-28-26-17)6-7-14(15)32-10-16(29)25-13-5-3-4-12(9-13)20(21,22)23/h3-9H,2,10H2,1H3,(H2,24,30)(H,25,29)(H,26,27,28). The van der Waals surface area contributed by atoms with Crippen LogP contribution in [0.1, 0.15) is 23.0 Å². The summed E-state index contributed by atoms with van der Waals surface area (Å²) in [5.41, 5.74) is 5.01. The first-order valence-electron chi connectivity index (χ1n) is 9.26. The quantitative estimate of drug-likeness (QED) is 0.484. The molecule has 0 aliphatic rings. The molecule has 3 rings (SSSR count). The Morgan fingerprint density at radius 3 is 2.56 bits per heavy atom. The van der Waals surface area contributed by atoms with E-state index in [1.807, 2.05) is 0 Å². The summed E-state index contributed by atoms with van der Waals surface area (Å²) in [6.45, 7) is 1.53.